The van der Waals surface area contributed by atoms with Crippen molar-refractivity contribution >= 4 is 45.3 Å². The van der Waals surface area contributed by atoms with Crippen molar-refractivity contribution in [2.24, 2.45) is 0 Å². The van der Waals surface area contributed by atoms with Crippen LogP contribution in [0.25, 0.3) is 27.9 Å². The van der Waals surface area contributed by atoms with Gasteiger partial charge in [0.15, 0.2) is 5.78 Å². The molecule has 0 aliphatic heterocycles. The molecule has 0 unspecified atom stereocenters. The summed E-state index contributed by atoms with van der Waals surface area (Å²) in [6.45, 7) is 4.82. The largest absolute Gasteiger partial charge is 0.507 e. The highest BCUT2D eigenvalue weighted by Gasteiger charge is 2.12. The van der Waals surface area contributed by atoms with E-state index in [-0.39, 0.29) is 17.1 Å². The molecule has 1 heterocycles. The Morgan fingerprint density at radius 3 is 2.61 bits per heavy atom. The van der Waals surface area contributed by atoms with Gasteiger partial charge in [-0.3, -0.25) is 4.79 Å². The Kier molecular flexibility index (Phi) is 4.70. The number of aromatic hydroxyl groups is 1. The van der Waals surface area contributed by atoms with E-state index in [1.807, 2.05) is 18.2 Å². The summed E-state index contributed by atoms with van der Waals surface area (Å²) >= 11 is 6.09. The maximum absolute atomic E-state index is 12.5. The molecule has 4 heteroatoms. The Hall–Kier alpha value is -3.04. The number of ketones is 1. The lowest BCUT2D eigenvalue weighted by molar-refractivity contribution is 0.104. The van der Waals surface area contributed by atoms with Gasteiger partial charge in [0.2, 0.25) is 0 Å². The summed E-state index contributed by atoms with van der Waals surface area (Å²) in [5.41, 5.74) is 4.25. The van der Waals surface area contributed by atoms with E-state index in [4.69, 9.17) is 11.6 Å². The molecule has 0 spiro atoms. The minimum absolute atomic E-state index is 0.0574. The lowest BCUT2D eigenvalue weighted by Gasteiger charge is -2.04. The second-order valence-electron chi connectivity index (χ2n) is 6.85. The van der Waals surface area contributed by atoms with Gasteiger partial charge in [-0.05, 0) is 61.4 Å². The van der Waals surface area contributed by atoms with Crippen LogP contribution in [0.5, 0.6) is 5.75 Å². The predicted octanol–water partition coefficient (Wildman–Crippen LogP) is 6.38. The quantitative estimate of drug-likeness (QED) is 0.325. The van der Waals surface area contributed by atoms with Crippen LogP contribution in [0.2, 0.25) is 5.02 Å². The average molecular weight is 390 g/mol. The van der Waals surface area contributed by atoms with Crippen molar-refractivity contribution in [2.45, 2.75) is 20.4 Å². The predicted molar refractivity (Wildman–Crippen MR) is 116 cm³/mol. The molecule has 140 valence electrons. The van der Waals surface area contributed by atoms with Crippen LogP contribution < -0.4 is 0 Å². The van der Waals surface area contributed by atoms with Gasteiger partial charge in [-0.2, -0.15) is 0 Å². The number of carbonyl (C=O) groups is 1. The molecule has 0 fully saturated rings. The number of fused-ring (bicyclic) bond motifs is 3. The third-order valence-corrected chi connectivity index (χ3v) is 5.49. The average Bonchev–Trinajstić information content (AvgIpc) is 3.02. The number of carbonyl (C=O) groups excluding carboxylic acids is 1. The first kappa shape index (κ1) is 18.3. The zero-order valence-corrected chi connectivity index (χ0v) is 16.5. The minimum Gasteiger partial charge on any atom is -0.507 e. The van der Waals surface area contributed by atoms with Crippen LogP contribution in [-0.2, 0) is 6.54 Å². The number of aromatic nitrogens is 1. The summed E-state index contributed by atoms with van der Waals surface area (Å²) < 4.78 is 2.29. The van der Waals surface area contributed by atoms with Crippen LogP contribution in [0.15, 0.2) is 60.7 Å². The number of para-hydroxylation sites is 1. The third kappa shape index (κ3) is 3.08. The van der Waals surface area contributed by atoms with Crippen LogP contribution in [-0.4, -0.2) is 15.5 Å². The van der Waals surface area contributed by atoms with E-state index in [0.717, 1.165) is 23.1 Å². The molecule has 0 saturated heterocycles. The maximum atomic E-state index is 12.5. The maximum Gasteiger partial charge on any atom is 0.189 e. The zero-order valence-electron chi connectivity index (χ0n) is 15.7. The zero-order chi connectivity index (χ0) is 19.8. The van der Waals surface area contributed by atoms with Crippen LogP contribution in [0.4, 0.5) is 0 Å². The van der Waals surface area contributed by atoms with Crippen molar-refractivity contribution in [1.82, 2.24) is 4.57 Å². The van der Waals surface area contributed by atoms with Gasteiger partial charge < -0.3 is 9.67 Å². The number of allylic oxidation sites excluding steroid dienone is 1. The first-order chi connectivity index (χ1) is 13.5. The van der Waals surface area contributed by atoms with Crippen molar-refractivity contribution < 1.29 is 9.90 Å². The second-order valence-corrected chi connectivity index (χ2v) is 7.26. The van der Waals surface area contributed by atoms with Gasteiger partial charge in [0.05, 0.1) is 5.56 Å². The van der Waals surface area contributed by atoms with Gasteiger partial charge in [0.1, 0.15) is 5.75 Å². The van der Waals surface area contributed by atoms with Gasteiger partial charge in [-0.1, -0.05) is 41.9 Å². The Balaban J connectivity index is 1.73. The Morgan fingerprint density at radius 2 is 1.82 bits per heavy atom. The number of benzene rings is 3. The van der Waals surface area contributed by atoms with Crippen molar-refractivity contribution in [3.05, 3.63) is 82.4 Å². The first-order valence-electron chi connectivity index (χ1n) is 9.22. The van der Waals surface area contributed by atoms with Crippen molar-refractivity contribution in [3.8, 4) is 5.75 Å². The highest BCUT2D eigenvalue weighted by molar-refractivity contribution is 6.32. The monoisotopic (exact) mass is 389 g/mol. The Labute approximate surface area is 168 Å². The molecule has 1 aromatic heterocycles. The van der Waals surface area contributed by atoms with Gasteiger partial charge in [0, 0.05) is 33.4 Å². The fourth-order valence-electron chi connectivity index (χ4n) is 3.64. The number of rotatable bonds is 4. The molecule has 0 radical (unpaired) electrons. The molecular formula is C24H20ClNO2. The molecule has 0 saturated carbocycles. The van der Waals surface area contributed by atoms with Crippen LogP contribution in [0.3, 0.4) is 0 Å². The van der Waals surface area contributed by atoms with Crippen molar-refractivity contribution in [3.63, 3.8) is 0 Å². The lowest BCUT2D eigenvalue weighted by Crippen LogP contribution is -1.96. The molecule has 4 aromatic rings. The van der Waals surface area contributed by atoms with Gasteiger partial charge >= 0.3 is 0 Å². The smallest absolute Gasteiger partial charge is 0.189 e. The molecule has 0 bridgehead atoms. The number of aryl methyl sites for hydroxylation is 2. The summed E-state index contributed by atoms with van der Waals surface area (Å²) in [6, 6.07) is 17.5. The summed E-state index contributed by atoms with van der Waals surface area (Å²) in [7, 11) is 0. The highest BCUT2D eigenvalue weighted by Crippen LogP contribution is 2.30. The summed E-state index contributed by atoms with van der Waals surface area (Å²) in [5, 5.41) is 12.9. The number of hydrogen-bond acceptors (Lipinski definition) is 2. The van der Waals surface area contributed by atoms with E-state index < -0.39 is 0 Å². The molecular weight excluding hydrogens is 370 g/mol. The van der Waals surface area contributed by atoms with Crippen molar-refractivity contribution in [1.29, 1.82) is 0 Å². The lowest BCUT2D eigenvalue weighted by atomic mass is 10.0. The fourth-order valence-corrected chi connectivity index (χ4v) is 3.80. The van der Waals surface area contributed by atoms with E-state index in [1.165, 1.54) is 34.6 Å². The summed E-state index contributed by atoms with van der Waals surface area (Å²) in [6.07, 6.45) is 3.24. The molecule has 1 N–H and O–H groups in total. The number of halogens is 1. The SMILES string of the molecule is CCn1c2ccccc2c2cc(/C=C/C(=O)c3cc(Cl)c(C)cc3O)ccc21. The summed E-state index contributed by atoms with van der Waals surface area (Å²) in [4.78, 5) is 12.5. The van der Waals surface area contributed by atoms with E-state index >= 15 is 0 Å². The van der Waals surface area contributed by atoms with E-state index in [1.54, 1.807) is 13.0 Å². The molecule has 0 amide bonds. The van der Waals surface area contributed by atoms with Gasteiger partial charge in [-0.25, -0.2) is 0 Å². The summed E-state index contributed by atoms with van der Waals surface area (Å²) in [5.74, 6) is -0.339. The van der Waals surface area contributed by atoms with E-state index in [9.17, 15) is 9.90 Å². The molecule has 0 atom stereocenters. The van der Waals surface area contributed by atoms with Crippen LogP contribution in [0, 0.1) is 6.92 Å². The molecule has 4 rings (SSSR count). The second kappa shape index (κ2) is 7.17. The van der Waals surface area contributed by atoms with Crippen molar-refractivity contribution in [2.75, 3.05) is 0 Å². The molecule has 0 aliphatic carbocycles. The minimum atomic E-state index is -0.282. The standard InChI is InChI=1S/C24H20ClNO2/c1-3-26-21-7-5-4-6-17(21)18-13-16(8-10-22(18)26)9-11-23(27)19-14-20(25)15(2)12-24(19)28/h4-14,28H,3H2,1-2H3/b11-9+. The van der Waals surface area contributed by atoms with E-state index in [0.29, 0.717) is 5.02 Å². The first-order valence-corrected chi connectivity index (χ1v) is 9.60. The topological polar surface area (TPSA) is 42.2 Å². The van der Waals surface area contributed by atoms with Gasteiger partial charge in [-0.15, -0.1) is 0 Å². The molecule has 3 nitrogen and oxygen atoms in total. The molecule has 0 aliphatic rings. The van der Waals surface area contributed by atoms with Crippen LogP contribution >= 0.6 is 11.6 Å². The number of hydrogen-bond donors (Lipinski definition) is 1. The normalized spacial score (nSPS) is 11.7. The Bertz CT molecular complexity index is 1250. The Morgan fingerprint density at radius 1 is 1.07 bits per heavy atom. The van der Waals surface area contributed by atoms with E-state index in [2.05, 4.69) is 35.8 Å². The van der Waals surface area contributed by atoms with Gasteiger partial charge in [0.25, 0.3) is 0 Å². The molecule has 28 heavy (non-hydrogen) atoms. The van der Waals surface area contributed by atoms with Crippen LogP contribution in [0.1, 0.15) is 28.4 Å². The fraction of sp³-hybridized carbons (Fsp3) is 0.125. The number of nitrogens with zero attached hydrogens (tertiary/aromatic N) is 1. The third-order valence-electron chi connectivity index (χ3n) is 5.08. The molecule has 3 aromatic carbocycles. The number of phenols is 1. The number of phenolic OH excluding ortho intramolecular Hbond substituents is 1. The highest BCUT2D eigenvalue weighted by atomic mass is 35.5.